The second kappa shape index (κ2) is 12.8. The van der Waals surface area contributed by atoms with Gasteiger partial charge in [-0.25, -0.2) is 0 Å². The Morgan fingerprint density at radius 2 is 1.27 bits per heavy atom. The molecule has 3 rings (SSSR count). The highest BCUT2D eigenvalue weighted by atomic mass is 16.5. The van der Waals surface area contributed by atoms with E-state index in [1.54, 1.807) is 0 Å². The molecule has 3 nitrogen and oxygen atoms in total. The molecule has 0 saturated carbocycles. The van der Waals surface area contributed by atoms with Gasteiger partial charge in [-0.3, -0.25) is 0 Å². The summed E-state index contributed by atoms with van der Waals surface area (Å²) in [4.78, 5) is 0. The van der Waals surface area contributed by atoms with Gasteiger partial charge in [-0.1, -0.05) is 97.1 Å². The van der Waals surface area contributed by atoms with Gasteiger partial charge < -0.3 is 14.8 Å². The molecule has 0 radical (unpaired) electrons. The third-order valence-electron chi connectivity index (χ3n) is 4.98. The molecule has 2 atom stereocenters. The Hall–Kier alpha value is -2.72. The molecule has 0 aromatic heterocycles. The number of ether oxygens (including phenoxy) is 2. The second-order valence-corrected chi connectivity index (χ2v) is 7.33. The summed E-state index contributed by atoms with van der Waals surface area (Å²) < 4.78 is 12.4. The second-order valence-electron chi connectivity index (χ2n) is 7.33. The van der Waals surface area contributed by atoms with Gasteiger partial charge in [0.1, 0.15) is 0 Å². The Balaban J connectivity index is 1.62. The van der Waals surface area contributed by atoms with Crippen LogP contribution in [0.15, 0.2) is 104 Å². The first-order chi connectivity index (χ1) is 14.8. The Kier molecular flexibility index (Phi) is 9.35. The normalized spacial score (nSPS) is 12.9. The third-order valence-corrected chi connectivity index (χ3v) is 4.98. The fourth-order valence-electron chi connectivity index (χ4n) is 3.32. The lowest BCUT2D eigenvalue weighted by atomic mass is 10.1. The van der Waals surface area contributed by atoms with Gasteiger partial charge in [-0.2, -0.15) is 0 Å². The van der Waals surface area contributed by atoms with Gasteiger partial charge in [0.05, 0.1) is 25.9 Å². The first kappa shape index (κ1) is 22.0. The first-order valence-electron chi connectivity index (χ1n) is 10.5. The van der Waals surface area contributed by atoms with E-state index in [0.29, 0.717) is 19.8 Å². The van der Waals surface area contributed by atoms with Crippen molar-refractivity contribution in [1.29, 1.82) is 0 Å². The fraction of sp³-hybridized carbons (Fsp3) is 0.259. The molecular weight excluding hydrogens is 370 g/mol. The van der Waals surface area contributed by atoms with Crippen molar-refractivity contribution in [1.82, 2.24) is 5.32 Å². The van der Waals surface area contributed by atoms with Crippen LogP contribution in [0.2, 0.25) is 0 Å². The van der Waals surface area contributed by atoms with Gasteiger partial charge >= 0.3 is 0 Å². The monoisotopic (exact) mass is 401 g/mol. The molecule has 0 aliphatic rings. The highest BCUT2D eigenvalue weighted by Crippen LogP contribution is 2.13. The van der Waals surface area contributed by atoms with Crippen molar-refractivity contribution in [3.8, 4) is 0 Å². The maximum Gasteiger partial charge on any atom is 0.0968 e. The van der Waals surface area contributed by atoms with Crippen molar-refractivity contribution < 1.29 is 9.47 Å². The molecule has 3 aromatic carbocycles. The first-order valence-corrected chi connectivity index (χ1v) is 10.5. The molecule has 0 bridgehead atoms. The summed E-state index contributed by atoms with van der Waals surface area (Å²) in [6.07, 6.45) is 2.66. The molecule has 0 fully saturated rings. The minimum Gasteiger partial charge on any atom is -0.374 e. The van der Waals surface area contributed by atoms with E-state index in [4.69, 9.17) is 9.47 Å². The van der Waals surface area contributed by atoms with Gasteiger partial charge in [-0.05, 0) is 23.1 Å². The Morgan fingerprint density at radius 1 is 0.733 bits per heavy atom. The van der Waals surface area contributed by atoms with Crippen LogP contribution in [0.3, 0.4) is 0 Å². The molecule has 3 aromatic rings. The van der Waals surface area contributed by atoms with E-state index in [1.165, 1.54) is 5.56 Å². The molecule has 0 aliphatic heterocycles. The molecule has 0 saturated heterocycles. The van der Waals surface area contributed by atoms with E-state index in [1.807, 2.05) is 48.5 Å². The maximum atomic E-state index is 6.33. The quantitative estimate of drug-likeness (QED) is 0.382. The predicted octanol–water partition coefficient (Wildman–Crippen LogP) is 5.52. The lowest BCUT2D eigenvalue weighted by Crippen LogP contribution is -2.43. The number of rotatable bonds is 13. The predicted molar refractivity (Wildman–Crippen MR) is 123 cm³/mol. The van der Waals surface area contributed by atoms with Crippen molar-refractivity contribution >= 4 is 0 Å². The van der Waals surface area contributed by atoms with Crippen LogP contribution in [0.4, 0.5) is 0 Å². The number of benzene rings is 3. The molecular formula is C27H31NO2. The largest absolute Gasteiger partial charge is 0.374 e. The summed E-state index contributed by atoms with van der Waals surface area (Å²) >= 11 is 0. The zero-order valence-electron chi connectivity index (χ0n) is 17.5. The summed E-state index contributed by atoms with van der Waals surface area (Å²) in [5.74, 6) is 0. The summed E-state index contributed by atoms with van der Waals surface area (Å²) in [5.41, 5.74) is 3.57. The summed E-state index contributed by atoms with van der Waals surface area (Å²) in [6.45, 7) is 6.38. The van der Waals surface area contributed by atoms with Gasteiger partial charge in [0.2, 0.25) is 0 Å². The van der Waals surface area contributed by atoms with Crippen LogP contribution in [0.25, 0.3) is 0 Å². The number of nitrogens with one attached hydrogen (secondary N) is 1. The molecule has 0 spiro atoms. The van der Waals surface area contributed by atoms with Crippen molar-refractivity contribution in [2.75, 3.05) is 6.61 Å². The molecule has 0 aliphatic carbocycles. The molecule has 30 heavy (non-hydrogen) atoms. The topological polar surface area (TPSA) is 30.5 Å². The van der Waals surface area contributed by atoms with E-state index >= 15 is 0 Å². The Bertz CT molecular complexity index is 837. The van der Waals surface area contributed by atoms with Crippen LogP contribution >= 0.6 is 0 Å². The van der Waals surface area contributed by atoms with Gasteiger partial charge in [-0.15, -0.1) is 6.58 Å². The van der Waals surface area contributed by atoms with E-state index in [0.717, 1.165) is 24.1 Å². The van der Waals surface area contributed by atoms with E-state index < -0.39 is 0 Å². The SMILES string of the molecule is C=CC[C@@H](NCc1ccccc1)[C@@H](COCc1ccccc1)OCc1ccccc1. The van der Waals surface area contributed by atoms with Crippen LogP contribution in [-0.4, -0.2) is 18.8 Å². The summed E-state index contributed by atoms with van der Waals surface area (Å²) in [6, 6.07) is 31.0. The van der Waals surface area contributed by atoms with Crippen LogP contribution in [-0.2, 0) is 29.2 Å². The Labute approximate surface area is 180 Å². The number of hydrogen-bond acceptors (Lipinski definition) is 3. The molecule has 0 unspecified atom stereocenters. The fourth-order valence-corrected chi connectivity index (χ4v) is 3.32. The van der Waals surface area contributed by atoms with Gasteiger partial charge in [0, 0.05) is 12.6 Å². The molecule has 156 valence electrons. The van der Waals surface area contributed by atoms with E-state index in [2.05, 4.69) is 60.4 Å². The number of hydrogen-bond donors (Lipinski definition) is 1. The van der Waals surface area contributed by atoms with Crippen molar-refractivity contribution in [2.45, 2.75) is 38.3 Å². The van der Waals surface area contributed by atoms with Crippen LogP contribution in [0, 0.1) is 0 Å². The summed E-state index contributed by atoms with van der Waals surface area (Å²) in [5, 5.41) is 3.65. The van der Waals surface area contributed by atoms with Crippen LogP contribution in [0.1, 0.15) is 23.1 Å². The van der Waals surface area contributed by atoms with Gasteiger partial charge in [0.25, 0.3) is 0 Å². The standard InChI is InChI=1S/C27H31NO2/c1-2-12-26(28-19-23-13-6-3-7-14-23)27(30-21-25-17-10-5-11-18-25)22-29-20-24-15-8-4-9-16-24/h2-11,13-18,26-28H,1,12,19-22H2/t26-,27-/m1/s1. The van der Waals surface area contributed by atoms with Crippen LogP contribution in [0.5, 0.6) is 0 Å². The molecule has 0 amide bonds. The zero-order chi connectivity index (χ0) is 20.9. The lowest BCUT2D eigenvalue weighted by Gasteiger charge is -2.28. The van der Waals surface area contributed by atoms with Crippen LogP contribution < -0.4 is 5.32 Å². The van der Waals surface area contributed by atoms with Crippen molar-refractivity contribution in [3.05, 3.63) is 120 Å². The van der Waals surface area contributed by atoms with Crippen molar-refractivity contribution in [3.63, 3.8) is 0 Å². The maximum absolute atomic E-state index is 6.33. The minimum atomic E-state index is -0.0874. The molecule has 0 heterocycles. The van der Waals surface area contributed by atoms with Gasteiger partial charge in [0.15, 0.2) is 0 Å². The van der Waals surface area contributed by atoms with E-state index in [9.17, 15) is 0 Å². The average molecular weight is 402 g/mol. The lowest BCUT2D eigenvalue weighted by molar-refractivity contribution is -0.0473. The molecule has 3 heteroatoms. The zero-order valence-corrected chi connectivity index (χ0v) is 17.5. The third kappa shape index (κ3) is 7.60. The minimum absolute atomic E-state index is 0.0874. The van der Waals surface area contributed by atoms with Crippen molar-refractivity contribution in [2.24, 2.45) is 0 Å². The summed E-state index contributed by atoms with van der Waals surface area (Å²) in [7, 11) is 0. The highest BCUT2D eigenvalue weighted by Gasteiger charge is 2.21. The molecule has 1 N–H and O–H groups in total. The smallest absolute Gasteiger partial charge is 0.0968 e. The highest BCUT2D eigenvalue weighted by molar-refractivity contribution is 5.15. The Morgan fingerprint density at radius 3 is 1.83 bits per heavy atom. The van der Waals surface area contributed by atoms with E-state index in [-0.39, 0.29) is 12.1 Å². The average Bonchev–Trinajstić information content (AvgIpc) is 2.81.